The molecule has 7 heteroatoms. The van der Waals surface area contributed by atoms with E-state index in [2.05, 4.69) is 97.1 Å². The lowest BCUT2D eigenvalue weighted by atomic mass is 9.77. The zero-order chi connectivity index (χ0) is 37.8. The number of nitrogens with zero attached hydrogens (tertiary/aromatic N) is 3. The van der Waals surface area contributed by atoms with Gasteiger partial charge in [-0.25, -0.2) is 15.0 Å². The first-order chi connectivity index (χ1) is 27.5. The standard InChI is InChI=1S/C49H33N3O4/c53-33-27-40-44-43(56-46(40)42(55)28-33)25-24-41(54)45(44)49-51-47(32-20-21-35(30-14-6-2-7-15-30)39(26-32)31-16-8-3-9-17-31)50-48(52-49)38-23-22-34(29-12-4-1-5-13-29)36-18-10-11-19-37(36)38/h1-28,35,39,53-55H. The molecule has 0 spiro atoms. The zero-order valence-electron chi connectivity index (χ0n) is 29.9. The second-order valence-electron chi connectivity index (χ2n) is 14.0. The largest absolute Gasteiger partial charge is 0.508 e. The molecule has 268 valence electrons. The molecule has 0 amide bonds. The van der Waals surface area contributed by atoms with Gasteiger partial charge in [-0.05, 0) is 57.3 Å². The molecule has 0 radical (unpaired) electrons. The first-order valence-electron chi connectivity index (χ1n) is 18.4. The van der Waals surface area contributed by atoms with E-state index < -0.39 is 0 Å². The predicted molar refractivity (Wildman–Crippen MR) is 221 cm³/mol. The maximum absolute atomic E-state index is 11.6. The highest BCUT2D eigenvalue weighted by Crippen LogP contribution is 2.46. The summed E-state index contributed by atoms with van der Waals surface area (Å²) in [6.45, 7) is 0. The minimum atomic E-state index is -0.221. The van der Waals surface area contributed by atoms with Gasteiger partial charge in [-0.3, -0.25) is 0 Å². The smallest absolute Gasteiger partial charge is 0.177 e. The number of fused-ring (bicyclic) bond motifs is 4. The van der Waals surface area contributed by atoms with Crippen molar-refractivity contribution in [2.75, 3.05) is 0 Å². The molecule has 3 N–H and O–H groups in total. The average Bonchev–Trinajstić information content (AvgIpc) is 3.62. The Labute approximate surface area is 321 Å². The summed E-state index contributed by atoms with van der Waals surface area (Å²) >= 11 is 0. The number of phenolic OH excluding ortho intramolecular Hbond substituents is 3. The number of benzene rings is 7. The van der Waals surface area contributed by atoms with Crippen LogP contribution >= 0.6 is 0 Å². The number of allylic oxidation sites excluding steroid dienone is 4. The van der Waals surface area contributed by atoms with Gasteiger partial charge in [0.2, 0.25) is 0 Å². The normalized spacial score (nSPS) is 15.4. The molecule has 2 unspecified atom stereocenters. The molecule has 9 aromatic rings. The third kappa shape index (κ3) is 5.65. The maximum atomic E-state index is 11.6. The first-order valence-corrected chi connectivity index (χ1v) is 18.4. The predicted octanol–water partition coefficient (Wildman–Crippen LogP) is 11.6. The molecule has 0 fully saturated rings. The van der Waals surface area contributed by atoms with Gasteiger partial charge < -0.3 is 19.7 Å². The minimum absolute atomic E-state index is 0.0196. The number of furan rings is 1. The Bertz CT molecular complexity index is 3010. The van der Waals surface area contributed by atoms with Gasteiger partial charge in [0.25, 0.3) is 0 Å². The van der Waals surface area contributed by atoms with E-state index in [0.717, 1.165) is 38.6 Å². The number of aromatic nitrogens is 3. The lowest BCUT2D eigenvalue weighted by molar-refractivity contribution is 0.448. The van der Waals surface area contributed by atoms with Crippen LogP contribution in [0.3, 0.4) is 0 Å². The van der Waals surface area contributed by atoms with Crippen LogP contribution in [-0.2, 0) is 0 Å². The van der Waals surface area contributed by atoms with Crippen LogP contribution in [0.4, 0.5) is 0 Å². The summed E-state index contributed by atoms with van der Waals surface area (Å²) in [6, 6.07) is 49.4. The Balaban J connectivity index is 1.23. The van der Waals surface area contributed by atoms with E-state index in [1.807, 2.05) is 48.5 Å². The van der Waals surface area contributed by atoms with E-state index in [0.29, 0.717) is 33.6 Å². The van der Waals surface area contributed by atoms with Gasteiger partial charge in [-0.1, -0.05) is 140 Å². The monoisotopic (exact) mass is 727 g/mol. The van der Waals surface area contributed by atoms with Crippen LogP contribution in [0, 0.1) is 0 Å². The fraction of sp³-hybridized carbons (Fsp3) is 0.0408. The molecule has 1 aliphatic rings. The van der Waals surface area contributed by atoms with Crippen molar-refractivity contribution in [2.45, 2.75) is 11.8 Å². The van der Waals surface area contributed by atoms with Crippen LogP contribution in [0.25, 0.3) is 72.2 Å². The first kappa shape index (κ1) is 33.1. The van der Waals surface area contributed by atoms with Crippen molar-refractivity contribution in [1.29, 1.82) is 0 Å². The molecule has 56 heavy (non-hydrogen) atoms. The summed E-state index contributed by atoms with van der Waals surface area (Å²) in [6.07, 6.45) is 6.50. The highest BCUT2D eigenvalue weighted by atomic mass is 16.4. The summed E-state index contributed by atoms with van der Waals surface area (Å²) in [7, 11) is 0. The summed E-state index contributed by atoms with van der Waals surface area (Å²) in [5.41, 5.74) is 7.01. The molecule has 0 saturated carbocycles. The van der Waals surface area contributed by atoms with Gasteiger partial charge in [0.15, 0.2) is 28.8 Å². The Hall–Kier alpha value is -7.51. The second kappa shape index (κ2) is 13.4. The van der Waals surface area contributed by atoms with Crippen molar-refractivity contribution < 1.29 is 19.7 Å². The van der Waals surface area contributed by atoms with Crippen molar-refractivity contribution in [3.05, 3.63) is 187 Å². The molecular weight excluding hydrogens is 695 g/mol. The van der Waals surface area contributed by atoms with Crippen LogP contribution < -0.4 is 0 Å². The van der Waals surface area contributed by atoms with E-state index in [9.17, 15) is 15.3 Å². The number of phenols is 3. The zero-order valence-corrected chi connectivity index (χ0v) is 29.9. The lowest BCUT2D eigenvalue weighted by Crippen LogP contribution is -2.12. The van der Waals surface area contributed by atoms with Crippen molar-refractivity contribution >= 4 is 38.3 Å². The summed E-state index contributed by atoms with van der Waals surface area (Å²) in [5.74, 6) is 0.668. The van der Waals surface area contributed by atoms with Gasteiger partial charge >= 0.3 is 0 Å². The number of hydrogen-bond donors (Lipinski definition) is 3. The highest BCUT2D eigenvalue weighted by Gasteiger charge is 2.28. The van der Waals surface area contributed by atoms with E-state index in [-0.39, 0.29) is 40.5 Å². The van der Waals surface area contributed by atoms with Crippen molar-refractivity contribution in [3.8, 4) is 51.2 Å². The third-order valence-corrected chi connectivity index (χ3v) is 10.6. The molecule has 7 aromatic carbocycles. The fourth-order valence-electron chi connectivity index (χ4n) is 8.06. The molecule has 0 aliphatic heterocycles. The average molecular weight is 728 g/mol. The highest BCUT2D eigenvalue weighted by molar-refractivity contribution is 6.15. The summed E-state index contributed by atoms with van der Waals surface area (Å²) < 4.78 is 6.08. The minimum Gasteiger partial charge on any atom is -0.508 e. The van der Waals surface area contributed by atoms with Gasteiger partial charge in [0.1, 0.15) is 17.1 Å². The van der Waals surface area contributed by atoms with Gasteiger partial charge in [0.05, 0.1) is 5.56 Å². The van der Waals surface area contributed by atoms with Crippen LogP contribution in [0.5, 0.6) is 17.2 Å². The van der Waals surface area contributed by atoms with Gasteiger partial charge in [-0.15, -0.1) is 0 Å². The van der Waals surface area contributed by atoms with E-state index in [4.69, 9.17) is 19.4 Å². The van der Waals surface area contributed by atoms with Gasteiger partial charge in [0, 0.05) is 39.8 Å². The molecular formula is C49H33N3O4. The Morgan fingerprint density at radius 1 is 0.500 bits per heavy atom. The van der Waals surface area contributed by atoms with Crippen molar-refractivity contribution in [2.24, 2.45) is 0 Å². The van der Waals surface area contributed by atoms with Crippen molar-refractivity contribution in [3.63, 3.8) is 0 Å². The molecule has 0 bridgehead atoms. The number of aromatic hydroxyl groups is 3. The Kier molecular flexibility index (Phi) is 7.92. The molecule has 10 rings (SSSR count). The Morgan fingerprint density at radius 2 is 1.11 bits per heavy atom. The second-order valence-corrected chi connectivity index (χ2v) is 14.0. The topological polar surface area (TPSA) is 112 Å². The van der Waals surface area contributed by atoms with E-state index in [1.54, 1.807) is 6.07 Å². The SMILES string of the molecule is Oc1cc(O)c2oc3ccc(O)c(-c4nc(C5=CC(c6ccccc6)C(c6ccccc6)C=C5)nc(-c5ccc(-c6ccccc6)c6ccccc56)n4)c3c2c1. The molecule has 2 heterocycles. The van der Waals surface area contributed by atoms with E-state index in [1.165, 1.54) is 23.8 Å². The van der Waals surface area contributed by atoms with E-state index >= 15 is 0 Å². The molecule has 1 aliphatic carbocycles. The van der Waals surface area contributed by atoms with Crippen molar-refractivity contribution in [1.82, 2.24) is 15.0 Å². The Morgan fingerprint density at radius 3 is 1.84 bits per heavy atom. The van der Waals surface area contributed by atoms with Gasteiger partial charge in [-0.2, -0.15) is 0 Å². The van der Waals surface area contributed by atoms with Crippen LogP contribution in [0.1, 0.15) is 28.8 Å². The fourth-order valence-corrected chi connectivity index (χ4v) is 8.06. The maximum Gasteiger partial charge on any atom is 0.177 e. The number of rotatable bonds is 6. The summed E-state index contributed by atoms with van der Waals surface area (Å²) in [4.78, 5) is 15.4. The molecule has 2 atom stereocenters. The van der Waals surface area contributed by atoms with Crippen LogP contribution in [0.2, 0.25) is 0 Å². The van der Waals surface area contributed by atoms with Crippen LogP contribution in [-0.4, -0.2) is 30.3 Å². The third-order valence-electron chi connectivity index (χ3n) is 10.6. The summed E-state index contributed by atoms with van der Waals surface area (Å²) in [5, 5.41) is 35.8. The quantitative estimate of drug-likeness (QED) is 0.156. The number of hydrogen-bond acceptors (Lipinski definition) is 7. The van der Waals surface area contributed by atoms with Crippen LogP contribution in [0.15, 0.2) is 174 Å². The lowest BCUT2D eigenvalue weighted by Gasteiger charge is -2.27. The molecule has 2 aromatic heterocycles. The molecule has 7 nitrogen and oxygen atoms in total. The molecule has 0 saturated heterocycles.